The van der Waals surface area contributed by atoms with Gasteiger partial charge >= 0.3 is 17.9 Å². The fourth-order valence-corrected chi connectivity index (χ4v) is 10.3. The Bertz CT molecular complexity index is 1550. The minimum Gasteiger partial charge on any atom is -0.462 e. The molecule has 0 aliphatic heterocycles. The lowest BCUT2D eigenvalue weighted by molar-refractivity contribution is -0.167. The van der Waals surface area contributed by atoms with Crippen LogP contribution in [-0.2, 0) is 28.6 Å². The van der Waals surface area contributed by atoms with Gasteiger partial charge in [0.15, 0.2) is 6.10 Å². The van der Waals surface area contributed by atoms with E-state index >= 15 is 0 Å². The Morgan fingerprint density at radius 3 is 0.768 bits per heavy atom. The van der Waals surface area contributed by atoms with Crippen LogP contribution in [0.2, 0.25) is 0 Å². The average molecular weight is 1140 g/mol. The predicted molar refractivity (Wildman–Crippen MR) is 358 cm³/mol. The van der Waals surface area contributed by atoms with Gasteiger partial charge in [-0.1, -0.05) is 331 Å². The normalized spacial score (nSPS) is 12.6. The molecule has 0 fully saturated rings. The van der Waals surface area contributed by atoms with E-state index in [0.29, 0.717) is 19.3 Å². The third kappa shape index (κ3) is 67.4. The first-order valence-corrected chi connectivity index (χ1v) is 35.6. The summed E-state index contributed by atoms with van der Waals surface area (Å²) in [4.78, 5) is 38.4. The maximum Gasteiger partial charge on any atom is 0.306 e. The van der Waals surface area contributed by atoms with Gasteiger partial charge < -0.3 is 14.2 Å². The van der Waals surface area contributed by atoms with E-state index in [9.17, 15) is 14.4 Å². The Kier molecular flexibility index (Phi) is 67.2. The van der Waals surface area contributed by atoms with Gasteiger partial charge in [-0.05, 0) is 96.3 Å². The number of hydrogen-bond donors (Lipinski definition) is 0. The largest absolute Gasteiger partial charge is 0.462 e. The highest BCUT2D eigenvalue weighted by Gasteiger charge is 2.19. The Morgan fingerprint density at radius 2 is 0.476 bits per heavy atom. The van der Waals surface area contributed by atoms with Crippen LogP contribution in [-0.4, -0.2) is 37.2 Å². The summed E-state index contributed by atoms with van der Waals surface area (Å²) >= 11 is 0. The smallest absolute Gasteiger partial charge is 0.306 e. The average Bonchev–Trinajstić information content (AvgIpc) is 3.48. The molecule has 0 N–H and O–H groups in total. The maximum atomic E-state index is 13.0. The van der Waals surface area contributed by atoms with E-state index in [-0.39, 0.29) is 31.1 Å². The Labute approximate surface area is 509 Å². The molecule has 0 aromatic rings. The number of carbonyl (C=O) groups excluding carboxylic acids is 3. The van der Waals surface area contributed by atoms with Crippen LogP contribution in [0.25, 0.3) is 0 Å². The number of unbranched alkanes of at least 4 members (excludes halogenated alkanes) is 40. The zero-order valence-electron chi connectivity index (χ0n) is 54.5. The molecule has 0 radical (unpaired) electrons. The molecule has 474 valence electrons. The third-order valence-corrected chi connectivity index (χ3v) is 15.6. The zero-order valence-corrected chi connectivity index (χ0v) is 54.5. The Balaban J connectivity index is 4.32. The van der Waals surface area contributed by atoms with Crippen LogP contribution < -0.4 is 0 Å². The predicted octanol–water partition coefficient (Wildman–Crippen LogP) is 24.6. The lowest BCUT2D eigenvalue weighted by Crippen LogP contribution is -2.30. The lowest BCUT2D eigenvalue weighted by atomic mass is 10.0. The second-order valence-corrected chi connectivity index (χ2v) is 23.8. The van der Waals surface area contributed by atoms with Crippen LogP contribution in [0.3, 0.4) is 0 Å². The molecule has 0 amide bonds. The maximum absolute atomic E-state index is 13.0. The van der Waals surface area contributed by atoms with Gasteiger partial charge in [-0.3, -0.25) is 14.4 Å². The molecule has 1 unspecified atom stereocenters. The summed E-state index contributed by atoms with van der Waals surface area (Å²) in [5, 5.41) is 0. The Hall–Kier alpha value is -3.41. The minimum atomic E-state index is -0.795. The molecule has 0 saturated heterocycles. The van der Waals surface area contributed by atoms with Gasteiger partial charge in [0.25, 0.3) is 0 Å². The van der Waals surface area contributed by atoms with E-state index in [1.165, 1.54) is 225 Å². The van der Waals surface area contributed by atoms with Gasteiger partial charge in [-0.25, -0.2) is 0 Å². The number of hydrogen-bond acceptors (Lipinski definition) is 6. The number of rotatable bonds is 65. The van der Waals surface area contributed by atoms with Gasteiger partial charge in [0, 0.05) is 19.3 Å². The second-order valence-electron chi connectivity index (χ2n) is 23.8. The van der Waals surface area contributed by atoms with Crippen molar-refractivity contribution in [2.24, 2.45) is 0 Å². The molecule has 0 aliphatic rings. The van der Waals surface area contributed by atoms with E-state index < -0.39 is 6.10 Å². The molecule has 0 saturated carbocycles. The number of esters is 3. The van der Waals surface area contributed by atoms with Crippen LogP contribution in [0.1, 0.15) is 361 Å². The van der Waals surface area contributed by atoms with Gasteiger partial charge in [-0.2, -0.15) is 0 Å². The first kappa shape index (κ1) is 78.6. The molecule has 0 aliphatic carbocycles. The van der Waals surface area contributed by atoms with Crippen LogP contribution in [0.5, 0.6) is 0 Å². The topological polar surface area (TPSA) is 78.9 Å². The molecule has 0 rings (SSSR count). The highest BCUT2D eigenvalue weighted by molar-refractivity contribution is 5.71. The van der Waals surface area contributed by atoms with Gasteiger partial charge in [0.2, 0.25) is 0 Å². The number of ether oxygens (including phenoxy) is 3. The van der Waals surface area contributed by atoms with E-state index in [0.717, 1.165) is 96.3 Å². The highest BCUT2D eigenvalue weighted by atomic mass is 16.6. The van der Waals surface area contributed by atoms with Crippen molar-refractivity contribution in [1.82, 2.24) is 0 Å². The zero-order chi connectivity index (χ0) is 59.2. The molecule has 0 bridgehead atoms. The summed E-state index contributed by atoms with van der Waals surface area (Å²) in [7, 11) is 0. The lowest BCUT2D eigenvalue weighted by Gasteiger charge is -2.18. The quantitative estimate of drug-likeness (QED) is 0.0261. The van der Waals surface area contributed by atoms with Crippen molar-refractivity contribution in [3.05, 3.63) is 85.1 Å². The van der Waals surface area contributed by atoms with Crippen LogP contribution in [0.4, 0.5) is 0 Å². The van der Waals surface area contributed by atoms with Crippen molar-refractivity contribution < 1.29 is 28.6 Å². The third-order valence-electron chi connectivity index (χ3n) is 15.6. The number of carbonyl (C=O) groups is 3. The van der Waals surface area contributed by atoms with Crippen molar-refractivity contribution in [3.8, 4) is 0 Å². The molecule has 0 spiro atoms. The van der Waals surface area contributed by atoms with Crippen molar-refractivity contribution in [2.75, 3.05) is 13.2 Å². The first-order valence-electron chi connectivity index (χ1n) is 35.6. The second kappa shape index (κ2) is 70.1. The summed E-state index contributed by atoms with van der Waals surface area (Å²) in [5.41, 5.74) is 0. The van der Waals surface area contributed by atoms with Crippen LogP contribution >= 0.6 is 0 Å². The molecule has 1 atom stereocenters. The molecular weight excluding hydrogens is 1010 g/mol. The van der Waals surface area contributed by atoms with Gasteiger partial charge in [-0.15, -0.1) is 0 Å². The molecule has 6 nitrogen and oxygen atoms in total. The molecule has 0 heterocycles. The fourth-order valence-electron chi connectivity index (χ4n) is 10.3. The molecule has 0 aromatic carbocycles. The fraction of sp³-hybridized carbons (Fsp3) is 0.776. The van der Waals surface area contributed by atoms with Crippen LogP contribution in [0.15, 0.2) is 85.1 Å². The van der Waals surface area contributed by atoms with Crippen molar-refractivity contribution in [1.29, 1.82) is 0 Å². The first-order chi connectivity index (χ1) is 40.5. The summed E-state index contributed by atoms with van der Waals surface area (Å²) in [6.45, 7) is 6.53. The molecule has 82 heavy (non-hydrogen) atoms. The van der Waals surface area contributed by atoms with Crippen molar-refractivity contribution >= 4 is 17.9 Å². The van der Waals surface area contributed by atoms with Crippen molar-refractivity contribution in [3.63, 3.8) is 0 Å². The summed E-state index contributed by atoms with van der Waals surface area (Å²) in [6.07, 6.45) is 93.3. The van der Waals surface area contributed by atoms with E-state index in [2.05, 4.69) is 106 Å². The summed E-state index contributed by atoms with van der Waals surface area (Å²) < 4.78 is 17.0. The monoisotopic (exact) mass is 1140 g/mol. The van der Waals surface area contributed by atoms with E-state index in [4.69, 9.17) is 14.2 Å². The number of allylic oxidation sites excluding steroid dienone is 14. The molecule has 0 aromatic heterocycles. The Morgan fingerprint density at radius 1 is 0.256 bits per heavy atom. The summed E-state index contributed by atoms with van der Waals surface area (Å²) in [5.74, 6) is -0.913. The van der Waals surface area contributed by atoms with Gasteiger partial charge in [0.05, 0.1) is 0 Å². The molecule has 6 heteroatoms. The SMILES string of the molecule is CC/C=C\C/C=C\C/C=C\C/C=C\CCCCC(=O)OCC(COC(=O)CCCCCCCCCCCCCC/C=C\C/C=C\C/C=C\CCCCCCC)OC(=O)CCCCCCCCCCCCCCCCCCCCCCCC. The standard InChI is InChI=1S/C76H134O6/c1-4-7-10-13-16-19-22-25-28-30-32-34-36-37-38-39-40-42-43-45-48-51-54-57-60-63-66-69-75(78)81-72-73(71-80-74(77)68-65-62-59-56-53-50-47-27-24-21-18-15-12-9-6-3)82-76(79)70-67-64-61-58-55-52-49-46-44-41-35-33-31-29-26-23-20-17-14-11-8-5-2/h9,12,18,21-22,25,27,30,32,36-37,47,53,56,73H,4-8,10-11,13-17,19-20,23-24,26,28-29,31,33-35,38-46,48-52,54-55,57-72H2,1-3H3/b12-9-,21-18-,25-22-,32-30-,37-36-,47-27-,56-53-. The van der Waals surface area contributed by atoms with E-state index in [1.807, 2.05) is 0 Å². The van der Waals surface area contributed by atoms with Crippen molar-refractivity contribution in [2.45, 2.75) is 367 Å². The minimum absolute atomic E-state index is 0.0876. The summed E-state index contributed by atoms with van der Waals surface area (Å²) in [6, 6.07) is 0. The van der Waals surface area contributed by atoms with E-state index in [1.54, 1.807) is 0 Å². The van der Waals surface area contributed by atoms with Crippen LogP contribution in [0, 0.1) is 0 Å². The molecular formula is C76H134O6. The highest BCUT2D eigenvalue weighted by Crippen LogP contribution is 2.18. The van der Waals surface area contributed by atoms with Gasteiger partial charge in [0.1, 0.15) is 13.2 Å².